The largest absolute Gasteiger partial charge is 0.375 e. The van der Waals surface area contributed by atoms with Crippen LogP contribution in [0.15, 0.2) is 0 Å². The third kappa shape index (κ3) is 3.74. The number of ether oxygens (including phenoxy) is 1. The number of rotatable bonds is 4. The highest BCUT2D eigenvalue weighted by atomic mass is 16.5. The molecule has 2 rings (SSSR count). The van der Waals surface area contributed by atoms with Gasteiger partial charge in [-0.05, 0) is 45.6 Å². The SMILES string of the molecule is CC1CC(NCCC2CCCC2)CC(C)O1. The first-order valence-electron chi connectivity index (χ1n) is 7.13. The third-order valence-corrected chi connectivity index (χ3v) is 4.16. The van der Waals surface area contributed by atoms with Crippen LogP contribution < -0.4 is 5.32 Å². The van der Waals surface area contributed by atoms with Crippen LogP contribution in [0.2, 0.25) is 0 Å². The molecule has 2 nitrogen and oxygen atoms in total. The molecule has 0 aromatic heterocycles. The molecule has 0 amide bonds. The maximum atomic E-state index is 5.76. The van der Waals surface area contributed by atoms with Crippen molar-refractivity contribution in [2.75, 3.05) is 6.54 Å². The molecule has 1 aliphatic carbocycles. The van der Waals surface area contributed by atoms with Gasteiger partial charge in [-0.15, -0.1) is 0 Å². The summed E-state index contributed by atoms with van der Waals surface area (Å²) in [5, 5.41) is 3.73. The van der Waals surface area contributed by atoms with Gasteiger partial charge in [-0.1, -0.05) is 25.7 Å². The van der Waals surface area contributed by atoms with Crippen molar-refractivity contribution in [2.45, 2.75) is 77.0 Å². The van der Waals surface area contributed by atoms with Crippen LogP contribution in [0.4, 0.5) is 0 Å². The van der Waals surface area contributed by atoms with Gasteiger partial charge < -0.3 is 10.1 Å². The zero-order chi connectivity index (χ0) is 11.4. The second-order valence-electron chi connectivity index (χ2n) is 5.82. The van der Waals surface area contributed by atoms with Crippen molar-refractivity contribution in [3.05, 3.63) is 0 Å². The first kappa shape index (κ1) is 12.4. The highest BCUT2D eigenvalue weighted by molar-refractivity contribution is 4.79. The van der Waals surface area contributed by atoms with Crippen molar-refractivity contribution >= 4 is 0 Å². The summed E-state index contributed by atoms with van der Waals surface area (Å²) in [6, 6.07) is 0.695. The Hall–Kier alpha value is -0.0800. The Morgan fingerprint density at radius 3 is 2.31 bits per heavy atom. The first-order chi connectivity index (χ1) is 7.74. The van der Waals surface area contributed by atoms with Gasteiger partial charge in [0.15, 0.2) is 0 Å². The fraction of sp³-hybridized carbons (Fsp3) is 1.00. The highest BCUT2D eigenvalue weighted by Crippen LogP contribution is 2.27. The zero-order valence-electron chi connectivity index (χ0n) is 10.9. The second kappa shape index (κ2) is 6.02. The molecule has 0 aromatic carbocycles. The Morgan fingerprint density at radius 1 is 1.06 bits per heavy atom. The number of hydrogen-bond donors (Lipinski definition) is 1. The molecular formula is C14H27NO. The van der Waals surface area contributed by atoms with E-state index < -0.39 is 0 Å². The first-order valence-corrected chi connectivity index (χ1v) is 7.13. The summed E-state index contributed by atoms with van der Waals surface area (Å²) in [6.45, 7) is 5.61. The van der Waals surface area contributed by atoms with E-state index in [2.05, 4.69) is 19.2 Å². The van der Waals surface area contributed by atoms with Gasteiger partial charge in [0, 0.05) is 6.04 Å². The van der Waals surface area contributed by atoms with E-state index in [0.29, 0.717) is 18.2 Å². The lowest BCUT2D eigenvalue weighted by atomic mass is 9.99. The van der Waals surface area contributed by atoms with Crippen LogP contribution in [0.25, 0.3) is 0 Å². The third-order valence-electron chi connectivity index (χ3n) is 4.16. The average Bonchev–Trinajstić information content (AvgIpc) is 2.69. The van der Waals surface area contributed by atoms with Gasteiger partial charge in [-0.3, -0.25) is 0 Å². The summed E-state index contributed by atoms with van der Waals surface area (Å²) < 4.78 is 5.76. The quantitative estimate of drug-likeness (QED) is 0.794. The van der Waals surface area contributed by atoms with Crippen LogP contribution in [0.1, 0.15) is 58.8 Å². The van der Waals surface area contributed by atoms with Crippen molar-refractivity contribution in [1.29, 1.82) is 0 Å². The van der Waals surface area contributed by atoms with E-state index in [-0.39, 0.29) is 0 Å². The fourth-order valence-corrected chi connectivity index (χ4v) is 3.36. The molecule has 2 unspecified atom stereocenters. The molecule has 16 heavy (non-hydrogen) atoms. The van der Waals surface area contributed by atoms with Gasteiger partial charge in [-0.2, -0.15) is 0 Å². The van der Waals surface area contributed by atoms with E-state index in [4.69, 9.17) is 4.74 Å². The lowest BCUT2D eigenvalue weighted by Gasteiger charge is -2.32. The van der Waals surface area contributed by atoms with Crippen molar-refractivity contribution in [1.82, 2.24) is 5.32 Å². The van der Waals surface area contributed by atoms with Crippen molar-refractivity contribution in [3.63, 3.8) is 0 Å². The molecule has 0 bridgehead atoms. The lowest BCUT2D eigenvalue weighted by molar-refractivity contribution is -0.0420. The normalized spacial score (nSPS) is 36.8. The smallest absolute Gasteiger partial charge is 0.0565 e. The lowest BCUT2D eigenvalue weighted by Crippen LogP contribution is -2.41. The molecule has 0 spiro atoms. The molecule has 2 aliphatic rings. The van der Waals surface area contributed by atoms with Gasteiger partial charge in [0.25, 0.3) is 0 Å². The van der Waals surface area contributed by atoms with Crippen molar-refractivity contribution in [3.8, 4) is 0 Å². The Labute approximate surface area is 100 Å². The topological polar surface area (TPSA) is 21.3 Å². The molecule has 1 N–H and O–H groups in total. The van der Waals surface area contributed by atoms with Crippen LogP contribution in [0.5, 0.6) is 0 Å². The van der Waals surface area contributed by atoms with Crippen molar-refractivity contribution < 1.29 is 4.74 Å². The molecule has 0 aromatic rings. The van der Waals surface area contributed by atoms with E-state index in [9.17, 15) is 0 Å². The Kier molecular flexibility index (Phi) is 4.66. The molecule has 1 heterocycles. The highest BCUT2D eigenvalue weighted by Gasteiger charge is 2.24. The number of nitrogens with one attached hydrogen (secondary N) is 1. The molecule has 0 radical (unpaired) electrons. The Morgan fingerprint density at radius 2 is 1.69 bits per heavy atom. The van der Waals surface area contributed by atoms with E-state index in [0.717, 1.165) is 5.92 Å². The molecular weight excluding hydrogens is 198 g/mol. The standard InChI is InChI=1S/C14H27NO/c1-11-9-14(10-12(2)16-11)15-8-7-13-5-3-4-6-13/h11-15H,3-10H2,1-2H3. The average molecular weight is 225 g/mol. The van der Waals surface area contributed by atoms with Gasteiger partial charge in [-0.25, -0.2) is 0 Å². The van der Waals surface area contributed by atoms with Gasteiger partial charge in [0.2, 0.25) is 0 Å². The van der Waals surface area contributed by atoms with Crippen LogP contribution in [0, 0.1) is 5.92 Å². The predicted octanol–water partition coefficient (Wildman–Crippen LogP) is 3.11. The van der Waals surface area contributed by atoms with Crippen molar-refractivity contribution in [2.24, 2.45) is 5.92 Å². The molecule has 1 saturated heterocycles. The monoisotopic (exact) mass is 225 g/mol. The fourth-order valence-electron chi connectivity index (χ4n) is 3.36. The van der Waals surface area contributed by atoms with E-state index in [1.165, 1.54) is 51.5 Å². The Balaban J connectivity index is 1.61. The summed E-state index contributed by atoms with van der Waals surface area (Å²) in [5.74, 6) is 1.02. The van der Waals surface area contributed by atoms with Gasteiger partial charge in [0.05, 0.1) is 12.2 Å². The summed E-state index contributed by atoms with van der Waals surface area (Å²) in [4.78, 5) is 0. The summed E-state index contributed by atoms with van der Waals surface area (Å²) >= 11 is 0. The maximum absolute atomic E-state index is 5.76. The molecule has 2 heteroatoms. The van der Waals surface area contributed by atoms with Gasteiger partial charge in [0.1, 0.15) is 0 Å². The molecule has 1 saturated carbocycles. The summed E-state index contributed by atoms with van der Waals surface area (Å²) in [7, 11) is 0. The van der Waals surface area contributed by atoms with E-state index in [1.807, 2.05) is 0 Å². The minimum atomic E-state index is 0.438. The maximum Gasteiger partial charge on any atom is 0.0565 e. The summed E-state index contributed by atoms with van der Waals surface area (Å²) in [6.07, 6.45) is 10.5. The zero-order valence-corrected chi connectivity index (χ0v) is 10.9. The van der Waals surface area contributed by atoms with E-state index in [1.54, 1.807) is 0 Å². The predicted molar refractivity (Wildman–Crippen MR) is 67.6 cm³/mol. The minimum absolute atomic E-state index is 0.438. The molecule has 94 valence electrons. The van der Waals surface area contributed by atoms with Crippen LogP contribution >= 0.6 is 0 Å². The van der Waals surface area contributed by atoms with Crippen LogP contribution in [-0.2, 0) is 4.74 Å². The number of hydrogen-bond acceptors (Lipinski definition) is 2. The second-order valence-corrected chi connectivity index (χ2v) is 5.82. The van der Waals surface area contributed by atoms with E-state index >= 15 is 0 Å². The molecule has 1 aliphatic heterocycles. The van der Waals surface area contributed by atoms with Crippen LogP contribution in [-0.4, -0.2) is 24.8 Å². The minimum Gasteiger partial charge on any atom is -0.375 e. The summed E-state index contributed by atoms with van der Waals surface area (Å²) in [5.41, 5.74) is 0. The molecule has 2 atom stereocenters. The molecule has 2 fully saturated rings. The van der Waals surface area contributed by atoms with Gasteiger partial charge >= 0.3 is 0 Å². The van der Waals surface area contributed by atoms with Crippen LogP contribution in [0.3, 0.4) is 0 Å². The Bertz CT molecular complexity index is 191.